The Bertz CT molecular complexity index is 579. The summed E-state index contributed by atoms with van der Waals surface area (Å²) in [6.07, 6.45) is -3.74. The zero-order valence-corrected chi connectivity index (χ0v) is 11.5. The van der Waals surface area contributed by atoms with Gasteiger partial charge in [0.1, 0.15) is 5.75 Å². The maximum absolute atomic E-state index is 12.5. The van der Waals surface area contributed by atoms with Gasteiger partial charge < -0.3 is 0 Å². The van der Waals surface area contributed by atoms with E-state index in [9.17, 15) is 26.4 Å². The Hall–Kier alpha value is -0.890. The monoisotopic (exact) mass is 344 g/mol. The smallest absolute Gasteiger partial charge is 0.293 e. The molecule has 0 spiro atoms. The molecule has 0 atom stereocenters. The number of hydrogen-bond donors (Lipinski definition) is 0. The maximum Gasteiger partial charge on any atom is 0.416 e. The van der Waals surface area contributed by atoms with E-state index >= 15 is 0 Å². The summed E-state index contributed by atoms with van der Waals surface area (Å²) in [4.78, 5) is 11.6. The van der Waals surface area contributed by atoms with Crippen molar-refractivity contribution in [3.8, 4) is 0 Å². The second kappa shape index (κ2) is 5.00. The summed E-state index contributed by atoms with van der Waals surface area (Å²) < 4.78 is 59.4. The van der Waals surface area contributed by atoms with Gasteiger partial charge in [0, 0.05) is 16.3 Å². The molecular weight excluding hydrogens is 337 g/mol. The number of Topliss-reactive ketones (excluding diaryl/α,β-unsaturated/α-hetero) is 1. The van der Waals surface area contributed by atoms with Crippen molar-refractivity contribution in [2.75, 3.05) is 12.0 Å². The van der Waals surface area contributed by atoms with Crippen molar-refractivity contribution in [2.45, 2.75) is 6.18 Å². The quantitative estimate of drug-likeness (QED) is 0.792. The highest BCUT2D eigenvalue weighted by Gasteiger charge is 2.31. The van der Waals surface area contributed by atoms with Crippen LogP contribution in [0.15, 0.2) is 22.7 Å². The van der Waals surface area contributed by atoms with E-state index in [4.69, 9.17) is 0 Å². The molecule has 8 heteroatoms. The van der Waals surface area contributed by atoms with Gasteiger partial charge in [0.25, 0.3) is 0 Å². The normalized spacial score (nSPS) is 12.5. The predicted molar refractivity (Wildman–Crippen MR) is 63.2 cm³/mol. The average molecular weight is 345 g/mol. The number of rotatable bonds is 3. The van der Waals surface area contributed by atoms with E-state index in [2.05, 4.69) is 15.9 Å². The Morgan fingerprint density at radius 2 is 1.89 bits per heavy atom. The van der Waals surface area contributed by atoms with Crippen LogP contribution < -0.4 is 0 Å². The molecule has 0 aliphatic carbocycles. The number of alkyl halides is 3. The molecule has 3 nitrogen and oxygen atoms in total. The van der Waals surface area contributed by atoms with Crippen LogP contribution in [0.1, 0.15) is 15.9 Å². The molecule has 0 unspecified atom stereocenters. The lowest BCUT2D eigenvalue weighted by molar-refractivity contribution is -0.137. The number of carbonyl (C=O) groups excluding carboxylic acids is 1. The van der Waals surface area contributed by atoms with Crippen LogP contribution in [0.25, 0.3) is 0 Å². The molecule has 18 heavy (non-hydrogen) atoms. The lowest BCUT2D eigenvalue weighted by atomic mass is 10.1. The Morgan fingerprint density at radius 1 is 1.33 bits per heavy atom. The highest BCUT2D eigenvalue weighted by Crippen LogP contribution is 2.32. The Morgan fingerprint density at radius 3 is 2.33 bits per heavy atom. The molecule has 1 aromatic rings. The maximum atomic E-state index is 12.5. The topological polar surface area (TPSA) is 51.2 Å². The van der Waals surface area contributed by atoms with Crippen LogP contribution in [0, 0.1) is 0 Å². The molecule has 0 saturated carbocycles. The van der Waals surface area contributed by atoms with Gasteiger partial charge in [0.2, 0.25) is 0 Å². The van der Waals surface area contributed by atoms with Crippen molar-refractivity contribution in [2.24, 2.45) is 0 Å². The molecule has 0 heterocycles. The molecule has 0 N–H and O–H groups in total. The fourth-order valence-electron chi connectivity index (χ4n) is 1.23. The van der Waals surface area contributed by atoms with Gasteiger partial charge in [-0.15, -0.1) is 0 Å². The Labute approximate surface area is 110 Å². The lowest BCUT2D eigenvalue weighted by Gasteiger charge is -2.09. The standard InChI is InChI=1S/C10H8BrF3O3S/c1-18(16,17)5-9(15)7-4-6(10(12,13)14)2-3-8(7)11/h2-4H,5H2,1H3. The van der Waals surface area contributed by atoms with Gasteiger partial charge in [-0.3, -0.25) is 4.79 Å². The van der Waals surface area contributed by atoms with Crippen LogP contribution in [0.2, 0.25) is 0 Å². The summed E-state index contributed by atoms with van der Waals surface area (Å²) in [6, 6.07) is 2.51. The first-order valence-electron chi connectivity index (χ1n) is 4.58. The summed E-state index contributed by atoms with van der Waals surface area (Å²) in [6.45, 7) is 0. The Kier molecular flexibility index (Phi) is 4.22. The number of ketones is 1. The van der Waals surface area contributed by atoms with Gasteiger partial charge in [-0.1, -0.05) is 15.9 Å². The molecule has 0 radical (unpaired) electrons. The molecular formula is C10H8BrF3O3S. The molecule has 0 aliphatic rings. The summed E-state index contributed by atoms with van der Waals surface area (Å²) in [7, 11) is -3.59. The summed E-state index contributed by atoms with van der Waals surface area (Å²) >= 11 is 2.92. The third kappa shape index (κ3) is 4.09. The fraction of sp³-hybridized carbons (Fsp3) is 0.300. The minimum Gasteiger partial charge on any atom is -0.293 e. The van der Waals surface area contributed by atoms with E-state index in [0.29, 0.717) is 6.07 Å². The van der Waals surface area contributed by atoms with Crippen molar-refractivity contribution in [1.82, 2.24) is 0 Å². The van der Waals surface area contributed by atoms with Crippen LogP contribution in [-0.4, -0.2) is 26.2 Å². The number of sulfone groups is 1. The lowest BCUT2D eigenvalue weighted by Crippen LogP contribution is -2.16. The zero-order chi connectivity index (χ0) is 14.1. The van der Waals surface area contributed by atoms with Gasteiger partial charge in [0.15, 0.2) is 15.6 Å². The largest absolute Gasteiger partial charge is 0.416 e. The number of benzene rings is 1. The molecule has 1 aromatic carbocycles. The van der Waals surface area contributed by atoms with Crippen molar-refractivity contribution in [3.05, 3.63) is 33.8 Å². The number of hydrogen-bond acceptors (Lipinski definition) is 3. The first kappa shape index (κ1) is 15.2. The molecule has 0 saturated heterocycles. The van der Waals surface area contributed by atoms with Crippen molar-refractivity contribution in [3.63, 3.8) is 0 Å². The van der Waals surface area contributed by atoms with Gasteiger partial charge in [-0.25, -0.2) is 8.42 Å². The number of carbonyl (C=O) groups is 1. The molecule has 0 bridgehead atoms. The second-order valence-electron chi connectivity index (χ2n) is 3.69. The molecule has 1 rings (SSSR count). The third-order valence-corrected chi connectivity index (χ3v) is 3.47. The van der Waals surface area contributed by atoms with Gasteiger partial charge >= 0.3 is 6.18 Å². The van der Waals surface area contributed by atoms with Crippen LogP contribution in [0.4, 0.5) is 13.2 Å². The highest BCUT2D eigenvalue weighted by atomic mass is 79.9. The highest BCUT2D eigenvalue weighted by molar-refractivity contribution is 9.10. The minimum atomic E-state index is -4.58. The molecule has 0 fully saturated rings. The minimum absolute atomic E-state index is 0.129. The van der Waals surface area contributed by atoms with Gasteiger partial charge in [-0.2, -0.15) is 13.2 Å². The molecule has 0 amide bonds. The number of halogens is 4. The molecule has 0 aliphatic heterocycles. The van der Waals surface area contributed by atoms with E-state index in [-0.39, 0.29) is 10.0 Å². The first-order chi connectivity index (χ1) is 8.00. The van der Waals surface area contributed by atoms with Crippen LogP contribution in [0.3, 0.4) is 0 Å². The summed E-state index contributed by atoms with van der Waals surface area (Å²) in [5.41, 5.74) is -1.29. The molecule has 0 aromatic heterocycles. The zero-order valence-electron chi connectivity index (χ0n) is 9.08. The van der Waals surface area contributed by atoms with Crippen molar-refractivity contribution < 1.29 is 26.4 Å². The van der Waals surface area contributed by atoms with Crippen molar-refractivity contribution in [1.29, 1.82) is 0 Å². The average Bonchev–Trinajstić information content (AvgIpc) is 2.13. The predicted octanol–water partition coefficient (Wildman–Crippen LogP) is 2.70. The third-order valence-electron chi connectivity index (χ3n) is 1.99. The van der Waals surface area contributed by atoms with Crippen LogP contribution in [-0.2, 0) is 16.0 Å². The fourth-order valence-corrected chi connectivity index (χ4v) is 2.33. The van der Waals surface area contributed by atoms with Crippen LogP contribution in [0.5, 0.6) is 0 Å². The van der Waals surface area contributed by atoms with E-state index in [1.165, 1.54) is 0 Å². The second-order valence-corrected chi connectivity index (χ2v) is 6.68. The van der Waals surface area contributed by atoms with E-state index in [1.807, 2.05) is 0 Å². The van der Waals surface area contributed by atoms with E-state index in [0.717, 1.165) is 18.4 Å². The van der Waals surface area contributed by atoms with E-state index < -0.39 is 33.1 Å². The SMILES string of the molecule is CS(=O)(=O)CC(=O)c1cc(C(F)(F)F)ccc1Br. The summed E-state index contributed by atoms with van der Waals surface area (Å²) in [5, 5.41) is 0. The Balaban J connectivity index is 3.20. The first-order valence-corrected chi connectivity index (χ1v) is 7.44. The van der Waals surface area contributed by atoms with Crippen molar-refractivity contribution >= 4 is 31.6 Å². The van der Waals surface area contributed by atoms with E-state index in [1.54, 1.807) is 0 Å². The molecule has 100 valence electrons. The van der Waals surface area contributed by atoms with Crippen LogP contribution >= 0.6 is 15.9 Å². The van der Waals surface area contributed by atoms with Gasteiger partial charge in [-0.05, 0) is 18.2 Å². The summed E-state index contributed by atoms with van der Waals surface area (Å²) in [5.74, 6) is -1.71. The van der Waals surface area contributed by atoms with Gasteiger partial charge in [0.05, 0.1) is 5.56 Å².